The molecule has 1 saturated heterocycles. The van der Waals surface area contributed by atoms with Crippen LogP contribution in [0.2, 0.25) is 0 Å². The lowest BCUT2D eigenvalue weighted by atomic mass is 9.82. The van der Waals surface area contributed by atoms with Gasteiger partial charge in [0.05, 0.1) is 12.3 Å². The van der Waals surface area contributed by atoms with Gasteiger partial charge in [0, 0.05) is 18.7 Å². The van der Waals surface area contributed by atoms with Gasteiger partial charge in [-0.3, -0.25) is 24.1 Å². The summed E-state index contributed by atoms with van der Waals surface area (Å²) < 4.78 is 21.9. The lowest BCUT2D eigenvalue weighted by Gasteiger charge is -2.29. The molecule has 0 radical (unpaired) electrons. The van der Waals surface area contributed by atoms with Crippen molar-refractivity contribution >= 4 is 40.3 Å². The van der Waals surface area contributed by atoms with Gasteiger partial charge < -0.3 is 4.84 Å². The fourth-order valence-electron chi connectivity index (χ4n) is 3.47. The van der Waals surface area contributed by atoms with Crippen molar-refractivity contribution in [3.05, 3.63) is 12.2 Å². The molecule has 0 N–H and O–H groups in total. The molecule has 1 atom stereocenters. The van der Waals surface area contributed by atoms with E-state index in [-0.39, 0.29) is 29.3 Å². The average Bonchev–Trinajstić information content (AvgIpc) is 3.10. The smallest absolute Gasteiger partial charge is 0.330 e. The van der Waals surface area contributed by atoms with Gasteiger partial charge in [0.2, 0.25) is 0 Å². The Hall–Kier alpha value is -2.56. The lowest BCUT2D eigenvalue weighted by Crippen LogP contribution is -2.39. The van der Waals surface area contributed by atoms with Crippen LogP contribution in [0.15, 0.2) is 12.2 Å². The normalized spacial score (nSPS) is 28.6. The second kappa shape index (κ2) is 7.59. The van der Waals surface area contributed by atoms with E-state index in [1.807, 2.05) is 0 Å². The van der Waals surface area contributed by atoms with Gasteiger partial charge in [-0.15, -0.1) is 5.06 Å². The zero-order chi connectivity index (χ0) is 19.7. The molecule has 0 aromatic carbocycles. The number of imide groups is 2. The molecule has 11 heteroatoms. The number of hydrogen-bond acceptors (Lipinski definition) is 8. The molecule has 146 valence electrons. The minimum Gasteiger partial charge on any atom is -0.330 e. The van der Waals surface area contributed by atoms with Gasteiger partial charge in [-0.2, -0.15) is 0 Å². The third-order valence-electron chi connectivity index (χ3n) is 5.04. The third-order valence-corrected chi connectivity index (χ3v) is 5.95. The van der Waals surface area contributed by atoms with Gasteiger partial charge in [0.25, 0.3) is 23.6 Å². The first-order valence-corrected chi connectivity index (χ1v) is 9.78. The molecule has 1 saturated carbocycles. The minimum atomic E-state index is -3.12. The van der Waals surface area contributed by atoms with E-state index in [4.69, 9.17) is 4.84 Å². The fraction of sp³-hybridized carbons (Fsp3) is 0.562. The van der Waals surface area contributed by atoms with E-state index in [1.165, 1.54) is 12.2 Å². The Morgan fingerprint density at radius 1 is 1.04 bits per heavy atom. The molecule has 1 aliphatic carbocycles. The second-order valence-electron chi connectivity index (χ2n) is 6.78. The summed E-state index contributed by atoms with van der Waals surface area (Å²) in [4.78, 5) is 65.0. The highest BCUT2D eigenvalue weighted by Gasteiger charge is 2.44. The van der Waals surface area contributed by atoms with Gasteiger partial charge >= 0.3 is 5.97 Å². The standard InChI is InChI=1S/C16H18N2O8S/c19-12-5-6-13(20)17(12)8-9-1-3-10(4-2-9)16(23)26-18-14(21)7-11(15(18)22)27(24)25/h5-6,9-11,27H,1-4,7-8H2. The number of hydrogen-bond donors (Lipinski definition) is 1. The number of thiol groups is 1. The van der Waals surface area contributed by atoms with E-state index >= 15 is 0 Å². The summed E-state index contributed by atoms with van der Waals surface area (Å²) in [6, 6.07) is 0. The Morgan fingerprint density at radius 3 is 2.15 bits per heavy atom. The van der Waals surface area contributed by atoms with Gasteiger partial charge in [-0.25, -0.2) is 13.2 Å². The summed E-state index contributed by atoms with van der Waals surface area (Å²) in [5.74, 6) is -3.83. The highest BCUT2D eigenvalue weighted by molar-refractivity contribution is 7.74. The molecule has 0 spiro atoms. The molecule has 0 bridgehead atoms. The largest absolute Gasteiger partial charge is 0.336 e. The van der Waals surface area contributed by atoms with E-state index in [0.29, 0.717) is 25.7 Å². The number of carbonyl (C=O) groups is 5. The van der Waals surface area contributed by atoms with Crippen LogP contribution in [-0.2, 0) is 39.5 Å². The number of nitrogens with zero attached hydrogens (tertiary/aromatic N) is 2. The highest BCUT2D eigenvalue weighted by atomic mass is 32.2. The summed E-state index contributed by atoms with van der Waals surface area (Å²) in [6.45, 7) is 0.285. The number of carbonyl (C=O) groups excluding carboxylic acids is 5. The molecule has 0 aromatic heterocycles. The van der Waals surface area contributed by atoms with Gasteiger partial charge in [0.1, 0.15) is 5.25 Å². The van der Waals surface area contributed by atoms with Crippen LogP contribution in [0.3, 0.4) is 0 Å². The summed E-state index contributed by atoms with van der Waals surface area (Å²) >= 11 is 0. The minimum absolute atomic E-state index is 0.0609. The monoisotopic (exact) mass is 398 g/mol. The van der Waals surface area contributed by atoms with Gasteiger partial charge in [-0.1, -0.05) is 0 Å². The van der Waals surface area contributed by atoms with E-state index in [0.717, 1.165) is 4.90 Å². The quantitative estimate of drug-likeness (QED) is 0.456. The fourth-order valence-corrected chi connectivity index (χ4v) is 4.06. The van der Waals surface area contributed by atoms with Crippen LogP contribution in [0.4, 0.5) is 0 Å². The molecular weight excluding hydrogens is 380 g/mol. The highest BCUT2D eigenvalue weighted by Crippen LogP contribution is 2.31. The van der Waals surface area contributed by atoms with Crippen LogP contribution < -0.4 is 0 Å². The first kappa shape index (κ1) is 19.2. The molecule has 2 aliphatic heterocycles. The SMILES string of the molecule is O=C(ON1C(=O)CC([SH](=O)=O)C1=O)C1CCC(CN2C(=O)C=CC2=O)CC1. The molecule has 2 fully saturated rings. The molecule has 10 nitrogen and oxygen atoms in total. The zero-order valence-electron chi connectivity index (χ0n) is 14.2. The molecule has 4 amide bonds. The van der Waals surface area contributed by atoms with Crippen molar-refractivity contribution in [1.29, 1.82) is 0 Å². The molecule has 0 aromatic rings. The Bertz CT molecular complexity index is 783. The van der Waals surface area contributed by atoms with Crippen molar-refractivity contribution in [2.24, 2.45) is 11.8 Å². The second-order valence-corrected chi connectivity index (χ2v) is 7.97. The van der Waals surface area contributed by atoms with E-state index < -0.39 is 46.1 Å². The summed E-state index contributed by atoms with van der Waals surface area (Å²) in [6.07, 6.45) is 3.91. The number of amides is 4. The van der Waals surface area contributed by atoms with Crippen molar-refractivity contribution < 1.29 is 37.2 Å². The lowest BCUT2D eigenvalue weighted by molar-refractivity contribution is -0.201. The van der Waals surface area contributed by atoms with Crippen LogP contribution in [-0.4, -0.2) is 59.8 Å². The molecule has 1 unspecified atom stereocenters. The Morgan fingerprint density at radius 2 is 1.63 bits per heavy atom. The number of rotatable bonds is 5. The Balaban J connectivity index is 1.50. The topological polar surface area (TPSA) is 135 Å². The van der Waals surface area contributed by atoms with Gasteiger partial charge in [0.15, 0.2) is 10.7 Å². The van der Waals surface area contributed by atoms with Crippen LogP contribution in [0.1, 0.15) is 32.1 Å². The summed E-state index contributed by atoms with van der Waals surface area (Å²) in [5.41, 5.74) is 0. The van der Waals surface area contributed by atoms with Crippen LogP contribution in [0.5, 0.6) is 0 Å². The van der Waals surface area contributed by atoms with Crippen molar-refractivity contribution in [3.8, 4) is 0 Å². The summed E-state index contributed by atoms with van der Waals surface area (Å²) in [5, 5.41) is -1.24. The maximum Gasteiger partial charge on any atom is 0.336 e. The van der Waals surface area contributed by atoms with E-state index in [9.17, 15) is 32.4 Å². The first-order chi connectivity index (χ1) is 12.8. The predicted molar refractivity (Wildman–Crippen MR) is 88.0 cm³/mol. The van der Waals surface area contributed by atoms with Crippen molar-refractivity contribution in [3.63, 3.8) is 0 Å². The van der Waals surface area contributed by atoms with E-state index in [2.05, 4.69) is 0 Å². The molecule has 2 heterocycles. The predicted octanol–water partition coefficient (Wildman–Crippen LogP) is -1.09. The maximum absolute atomic E-state index is 12.2. The van der Waals surface area contributed by atoms with Crippen LogP contribution in [0, 0.1) is 11.8 Å². The Kier molecular flexibility index (Phi) is 5.40. The average molecular weight is 398 g/mol. The number of hydroxylamine groups is 2. The zero-order valence-corrected chi connectivity index (χ0v) is 15.1. The summed E-state index contributed by atoms with van der Waals surface area (Å²) in [7, 11) is -3.12. The molecule has 3 aliphatic rings. The van der Waals surface area contributed by atoms with Crippen molar-refractivity contribution in [2.75, 3.05) is 6.54 Å². The molecule has 27 heavy (non-hydrogen) atoms. The Labute approximate surface area is 156 Å². The van der Waals surface area contributed by atoms with E-state index in [1.54, 1.807) is 0 Å². The third kappa shape index (κ3) is 3.92. The first-order valence-electron chi connectivity index (χ1n) is 8.53. The molecule has 3 rings (SSSR count). The molecular formula is C16H18N2O8S. The van der Waals surface area contributed by atoms with Crippen molar-refractivity contribution in [2.45, 2.75) is 37.4 Å². The van der Waals surface area contributed by atoms with Gasteiger partial charge in [-0.05, 0) is 31.6 Å². The van der Waals surface area contributed by atoms with Crippen LogP contribution >= 0.6 is 0 Å². The maximum atomic E-state index is 12.2. The van der Waals surface area contributed by atoms with Crippen LogP contribution in [0.25, 0.3) is 0 Å². The van der Waals surface area contributed by atoms with Crippen molar-refractivity contribution in [1.82, 2.24) is 9.96 Å².